The molecule has 2 rings (SSSR count). The SMILES string of the molecule is CCc1ccc(NC(=O)NCC(C(C)C)N2CCOCC2)cc1. The summed E-state index contributed by atoms with van der Waals surface area (Å²) in [5.41, 5.74) is 2.09. The van der Waals surface area contributed by atoms with Gasteiger partial charge in [-0.2, -0.15) is 0 Å². The minimum Gasteiger partial charge on any atom is -0.379 e. The molecule has 1 aromatic carbocycles. The summed E-state index contributed by atoms with van der Waals surface area (Å²) in [5.74, 6) is 0.484. The number of benzene rings is 1. The van der Waals surface area contributed by atoms with Crippen LogP contribution in [-0.4, -0.2) is 49.8 Å². The minimum absolute atomic E-state index is 0.145. The van der Waals surface area contributed by atoms with E-state index in [2.05, 4.69) is 36.3 Å². The van der Waals surface area contributed by atoms with E-state index in [4.69, 9.17) is 4.74 Å². The second-order valence-electron chi connectivity index (χ2n) is 6.35. The second kappa shape index (κ2) is 8.89. The molecule has 5 nitrogen and oxygen atoms in total. The molecule has 1 aliphatic heterocycles. The van der Waals surface area contributed by atoms with Gasteiger partial charge in [0.1, 0.15) is 0 Å². The number of hydrogen-bond acceptors (Lipinski definition) is 3. The lowest BCUT2D eigenvalue weighted by molar-refractivity contribution is 0.00728. The Labute approximate surface area is 139 Å². The Bertz CT molecular complexity index is 482. The highest BCUT2D eigenvalue weighted by Crippen LogP contribution is 2.13. The smallest absolute Gasteiger partial charge is 0.319 e. The van der Waals surface area contributed by atoms with Gasteiger partial charge in [-0.15, -0.1) is 0 Å². The van der Waals surface area contributed by atoms with Crippen LogP contribution >= 0.6 is 0 Å². The summed E-state index contributed by atoms with van der Waals surface area (Å²) in [6, 6.07) is 8.17. The molecular weight excluding hydrogens is 290 g/mol. The van der Waals surface area contributed by atoms with Gasteiger partial charge in [0.2, 0.25) is 0 Å². The predicted octanol–water partition coefficient (Wildman–Crippen LogP) is 2.73. The molecular formula is C18H29N3O2. The number of amides is 2. The Hall–Kier alpha value is -1.59. The molecule has 2 N–H and O–H groups in total. The van der Waals surface area contributed by atoms with E-state index in [1.807, 2.05) is 24.3 Å². The van der Waals surface area contributed by atoms with Crippen LogP contribution in [0, 0.1) is 5.92 Å². The van der Waals surface area contributed by atoms with Gasteiger partial charge in [-0.1, -0.05) is 32.9 Å². The van der Waals surface area contributed by atoms with Gasteiger partial charge in [-0.05, 0) is 30.0 Å². The van der Waals surface area contributed by atoms with Crippen LogP contribution < -0.4 is 10.6 Å². The van der Waals surface area contributed by atoms with Gasteiger partial charge in [-0.3, -0.25) is 4.90 Å². The maximum Gasteiger partial charge on any atom is 0.319 e. The summed E-state index contributed by atoms with van der Waals surface area (Å²) in [4.78, 5) is 14.5. The van der Waals surface area contributed by atoms with E-state index < -0.39 is 0 Å². The number of morpholine rings is 1. The topological polar surface area (TPSA) is 53.6 Å². The highest BCUT2D eigenvalue weighted by Gasteiger charge is 2.24. The van der Waals surface area contributed by atoms with Crippen molar-refractivity contribution < 1.29 is 9.53 Å². The largest absolute Gasteiger partial charge is 0.379 e. The lowest BCUT2D eigenvalue weighted by Gasteiger charge is -2.36. The average Bonchev–Trinajstić information content (AvgIpc) is 2.56. The number of nitrogens with one attached hydrogen (secondary N) is 2. The van der Waals surface area contributed by atoms with Crippen molar-refractivity contribution in [3.8, 4) is 0 Å². The predicted molar refractivity (Wildman–Crippen MR) is 93.9 cm³/mol. The zero-order valence-corrected chi connectivity index (χ0v) is 14.5. The number of rotatable bonds is 6. The molecule has 1 heterocycles. The van der Waals surface area contributed by atoms with Crippen LogP contribution in [0.4, 0.5) is 10.5 Å². The Morgan fingerprint density at radius 1 is 1.22 bits per heavy atom. The van der Waals surface area contributed by atoms with E-state index in [9.17, 15) is 4.79 Å². The van der Waals surface area contributed by atoms with Crippen LogP contribution in [0.15, 0.2) is 24.3 Å². The van der Waals surface area contributed by atoms with E-state index in [1.54, 1.807) is 0 Å². The molecule has 0 radical (unpaired) electrons. The molecule has 1 saturated heterocycles. The number of aryl methyl sites for hydroxylation is 1. The fraction of sp³-hybridized carbons (Fsp3) is 0.611. The molecule has 0 bridgehead atoms. The quantitative estimate of drug-likeness (QED) is 0.848. The van der Waals surface area contributed by atoms with Crippen molar-refractivity contribution in [2.45, 2.75) is 33.2 Å². The van der Waals surface area contributed by atoms with E-state index in [-0.39, 0.29) is 6.03 Å². The van der Waals surface area contributed by atoms with Crippen LogP contribution in [-0.2, 0) is 11.2 Å². The van der Waals surface area contributed by atoms with Crippen LogP contribution in [0.5, 0.6) is 0 Å². The first-order chi connectivity index (χ1) is 11.1. The van der Waals surface area contributed by atoms with Gasteiger partial charge >= 0.3 is 6.03 Å². The lowest BCUT2D eigenvalue weighted by atomic mass is 10.0. The molecule has 1 aromatic rings. The molecule has 0 aliphatic carbocycles. The summed E-state index contributed by atoms with van der Waals surface area (Å²) < 4.78 is 5.41. The molecule has 128 valence electrons. The Morgan fingerprint density at radius 2 is 1.87 bits per heavy atom. The Balaban J connectivity index is 1.83. The van der Waals surface area contributed by atoms with Gasteiger partial charge in [0.05, 0.1) is 13.2 Å². The molecule has 23 heavy (non-hydrogen) atoms. The monoisotopic (exact) mass is 319 g/mol. The normalized spacial score (nSPS) is 17.0. The molecule has 2 amide bonds. The summed E-state index contributed by atoms with van der Waals surface area (Å²) in [7, 11) is 0. The first-order valence-electron chi connectivity index (χ1n) is 8.55. The van der Waals surface area contributed by atoms with Crippen LogP contribution in [0.25, 0.3) is 0 Å². The molecule has 1 aliphatic rings. The molecule has 0 saturated carbocycles. The van der Waals surface area contributed by atoms with E-state index in [0.717, 1.165) is 38.4 Å². The Kier molecular flexibility index (Phi) is 6.86. The zero-order valence-electron chi connectivity index (χ0n) is 14.5. The first kappa shape index (κ1) is 17.8. The molecule has 0 aromatic heterocycles. The third-order valence-electron chi connectivity index (χ3n) is 4.38. The second-order valence-corrected chi connectivity index (χ2v) is 6.35. The van der Waals surface area contributed by atoms with Gasteiger partial charge < -0.3 is 15.4 Å². The van der Waals surface area contributed by atoms with Crippen LogP contribution in [0.3, 0.4) is 0 Å². The maximum absolute atomic E-state index is 12.1. The first-order valence-corrected chi connectivity index (χ1v) is 8.55. The number of hydrogen-bond donors (Lipinski definition) is 2. The summed E-state index contributed by atoms with van der Waals surface area (Å²) in [6.07, 6.45) is 1.00. The van der Waals surface area contributed by atoms with Gasteiger partial charge in [0.15, 0.2) is 0 Å². The highest BCUT2D eigenvalue weighted by atomic mass is 16.5. The number of carbonyl (C=O) groups is 1. The molecule has 5 heteroatoms. The third kappa shape index (κ3) is 5.52. The molecule has 0 spiro atoms. The van der Waals surface area contributed by atoms with Crippen molar-refractivity contribution in [3.63, 3.8) is 0 Å². The van der Waals surface area contributed by atoms with Gasteiger partial charge in [-0.25, -0.2) is 4.79 Å². The number of nitrogens with zero attached hydrogens (tertiary/aromatic N) is 1. The van der Waals surface area contributed by atoms with Crippen molar-refractivity contribution >= 4 is 11.7 Å². The Morgan fingerprint density at radius 3 is 2.43 bits per heavy atom. The number of anilines is 1. The maximum atomic E-state index is 12.1. The van der Waals surface area contributed by atoms with Crippen molar-refractivity contribution in [1.82, 2.24) is 10.2 Å². The van der Waals surface area contributed by atoms with E-state index in [1.165, 1.54) is 5.56 Å². The number of carbonyl (C=O) groups excluding carboxylic acids is 1. The van der Waals surface area contributed by atoms with Crippen molar-refractivity contribution in [3.05, 3.63) is 29.8 Å². The zero-order chi connectivity index (χ0) is 16.7. The summed E-state index contributed by atoms with van der Waals surface area (Å²) >= 11 is 0. The van der Waals surface area contributed by atoms with Crippen molar-refractivity contribution in [2.75, 3.05) is 38.2 Å². The standard InChI is InChI=1S/C18H29N3O2/c1-4-15-5-7-16(8-6-15)20-18(22)19-13-17(14(2)3)21-9-11-23-12-10-21/h5-8,14,17H,4,9-13H2,1-3H3,(H2,19,20,22). The molecule has 1 unspecified atom stereocenters. The van der Waals surface area contributed by atoms with Gasteiger partial charge in [0.25, 0.3) is 0 Å². The van der Waals surface area contributed by atoms with E-state index in [0.29, 0.717) is 18.5 Å². The molecule has 1 fully saturated rings. The highest BCUT2D eigenvalue weighted by molar-refractivity contribution is 5.89. The fourth-order valence-electron chi connectivity index (χ4n) is 2.89. The average molecular weight is 319 g/mol. The van der Waals surface area contributed by atoms with Crippen molar-refractivity contribution in [1.29, 1.82) is 0 Å². The fourth-order valence-corrected chi connectivity index (χ4v) is 2.89. The van der Waals surface area contributed by atoms with Crippen LogP contribution in [0.2, 0.25) is 0 Å². The number of ether oxygens (including phenoxy) is 1. The summed E-state index contributed by atoms with van der Waals surface area (Å²) in [5, 5.41) is 5.90. The van der Waals surface area contributed by atoms with Crippen LogP contribution in [0.1, 0.15) is 26.3 Å². The van der Waals surface area contributed by atoms with E-state index >= 15 is 0 Å². The summed E-state index contributed by atoms with van der Waals surface area (Å²) in [6.45, 7) is 10.6. The minimum atomic E-state index is -0.145. The lowest BCUT2D eigenvalue weighted by Crippen LogP contribution is -2.51. The number of urea groups is 1. The van der Waals surface area contributed by atoms with Crippen molar-refractivity contribution in [2.24, 2.45) is 5.92 Å². The third-order valence-corrected chi connectivity index (χ3v) is 4.38. The molecule has 1 atom stereocenters. The van der Waals surface area contributed by atoms with Gasteiger partial charge in [0, 0.05) is 31.4 Å².